The first-order chi connectivity index (χ1) is 9.65. The molecule has 3 rings (SSSR count). The van der Waals surface area contributed by atoms with Gasteiger partial charge in [0.15, 0.2) is 0 Å². The standard InChI is InChI=1S/C14H19ClN4O/c1-2-12-17-11(15)7-13(18-12)19-6-5-10-9(8-19)3-4-14(20)16-10/h7,9-10H,2-6,8H2,1H3,(H,16,20). The van der Waals surface area contributed by atoms with Crippen molar-refractivity contribution in [2.45, 2.75) is 38.6 Å². The fourth-order valence-corrected chi connectivity index (χ4v) is 3.29. The Hall–Kier alpha value is -1.36. The quantitative estimate of drug-likeness (QED) is 0.845. The molecule has 2 atom stereocenters. The average molecular weight is 295 g/mol. The van der Waals surface area contributed by atoms with E-state index in [2.05, 4.69) is 20.2 Å². The number of aromatic nitrogens is 2. The molecular weight excluding hydrogens is 276 g/mol. The number of nitrogens with zero attached hydrogens (tertiary/aromatic N) is 3. The van der Waals surface area contributed by atoms with E-state index >= 15 is 0 Å². The fourth-order valence-electron chi connectivity index (χ4n) is 3.09. The molecule has 6 heteroatoms. The van der Waals surface area contributed by atoms with Crippen LogP contribution in [0.15, 0.2) is 6.07 Å². The van der Waals surface area contributed by atoms with Crippen molar-refractivity contribution in [3.05, 3.63) is 17.0 Å². The Kier molecular flexibility index (Phi) is 3.78. The van der Waals surface area contributed by atoms with Gasteiger partial charge in [-0.15, -0.1) is 0 Å². The second-order valence-electron chi connectivity index (χ2n) is 5.53. The molecule has 2 aliphatic heterocycles. The van der Waals surface area contributed by atoms with Gasteiger partial charge >= 0.3 is 0 Å². The summed E-state index contributed by atoms with van der Waals surface area (Å²) in [4.78, 5) is 22.5. The van der Waals surface area contributed by atoms with Crippen molar-refractivity contribution in [1.82, 2.24) is 15.3 Å². The molecule has 20 heavy (non-hydrogen) atoms. The number of carbonyl (C=O) groups is 1. The number of piperidine rings is 2. The van der Waals surface area contributed by atoms with Crippen molar-refractivity contribution < 1.29 is 4.79 Å². The Morgan fingerprint density at radius 2 is 2.30 bits per heavy atom. The molecule has 5 nitrogen and oxygen atoms in total. The third-order valence-electron chi connectivity index (χ3n) is 4.19. The fraction of sp³-hybridized carbons (Fsp3) is 0.643. The molecule has 2 saturated heterocycles. The van der Waals surface area contributed by atoms with E-state index in [0.29, 0.717) is 23.5 Å². The highest BCUT2D eigenvalue weighted by molar-refractivity contribution is 6.29. The van der Waals surface area contributed by atoms with E-state index in [4.69, 9.17) is 11.6 Å². The van der Waals surface area contributed by atoms with Gasteiger partial charge in [-0.05, 0) is 18.8 Å². The van der Waals surface area contributed by atoms with Crippen LogP contribution in [0.5, 0.6) is 0 Å². The van der Waals surface area contributed by atoms with Crippen LogP contribution in [0.3, 0.4) is 0 Å². The van der Waals surface area contributed by atoms with Gasteiger partial charge < -0.3 is 10.2 Å². The van der Waals surface area contributed by atoms with Crippen LogP contribution in [0.4, 0.5) is 5.82 Å². The smallest absolute Gasteiger partial charge is 0.220 e. The van der Waals surface area contributed by atoms with Crippen LogP contribution >= 0.6 is 11.6 Å². The number of carbonyl (C=O) groups excluding carboxylic acids is 1. The number of aryl methyl sites for hydroxylation is 1. The van der Waals surface area contributed by atoms with E-state index in [9.17, 15) is 4.79 Å². The molecule has 0 spiro atoms. The summed E-state index contributed by atoms with van der Waals surface area (Å²) in [7, 11) is 0. The second kappa shape index (κ2) is 5.56. The lowest BCUT2D eigenvalue weighted by molar-refractivity contribution is -0.124. The lowest BCUT2D eigenvalue weighted by Crippen LogP contribution is -2.54. The van der Waals surface area contributed by atoms with Gasteiger partial charge in [0.25, 0.3) is 0 Å². The van der Waals surface area contributed by atoms with Gasteiger partial charge in [0.2, 0.25) is 5.91 Å². The Morgan fingerprint density at radius 3 is 3.10 bits per heavy atom. The molecular formula is C14H19ClN4O. The van der Waals surface area contributed by atoms with Gasteiger partial charge in [0.1, 0.15) is 16.8 Å². The zero-order chi connectivity index (χ0) is 14.1. The predicted molar refractivity (Wildman–Crippen MR) is 77.9 cm³/mol. The predicted octanol–water partition coefficient (Wildman–Crippen LogP) is 1.80. The Bertz CT molecular complexity index is 522. The minimum Gasteiger partial charge on any atom is -0.356 e. The summed E-state index contributed by atoms with van der Waals surface area (Å²) in [5.41, 5.74) is 0. The third-order valence-corrected chi connectivity index (χ3v) is 4.38. The summed E-state index contributed by atoms with van der Waals surface area (Å²) in [5, 5.41) is 3.61. The van der Waals surface area contributed by atoms with Crippen LogP contribution in [-0.2, 0) is 11.2 Å². The second-order valence-corrected chi connectivity index (χ2v) is 5.91. The van der Waals surface area contributed by atoms with Crippen molar-refractivity contribution in [1.29, 1.82) is 0 Å². The van der Waals surface area contributed by atoms with E-state index < -0.39 is 0 Å². The highest BCUT2D eigenvalue weighted by atomic mass is 35.5. The molecule has 2 fully saturated rings. The summed E-state index contributed by atoms with van der Waals surface area (Å²) in [6.45, 7) is 3.86. The summed E-state index contributed by atoms with van der Waals surface area (Å²) >= 11 is 6.07. The lowest BCUT2D eigenvalue weighted by Gasteiger charge is -2.41. The summed E-state index contributed by atoms with van der Waals surface area (Å²) in [6.07, 6.45) is 3.36. The number of anilines is 1. The zero-order valence-electron chi connectivity index (χ0n) is 11.6. The van der Waals surface area contributed by atoms with Gasteiger partial charge in [-0.1, -0.05) is 18.5 Å². The molecule has 3 heterocycles. The molecule has 2 aliphatic rings. The number of fused-ring (bicyclic) bond motifs is 1. The zero-order valence-corrected chi connectivity index (χ0v) is 12.4. The topological polar surface area (TPSA) is 58.1 Å². The molecule has 1 N–H and O–H groups in total. The molecule has 0 aliphatic carbocycles. The minimum atomic E-state index is 0.193. The van der Waals surface area contributed by atoms with E-state index in [1.165, 1.54) is 0 Å². The maximum Gasteiger partial charge on any atom is 0.220 e. The third kappa shape index (κ3) is 2.73. The molecule has 1 amide bonds. The molecule has 0 bridgehead atoms. The molecule has 0 aromatic carbocycles. The SMILES string of the molecule is CCc1nc(Cl)cc(N2CCC3NC(=O)CCC3C2)n1. The van der Waals surface area contributed by atoms with E-state index in [-0.39, 0.29) is 5.91 Å². The number of nitrogens with one attached hydrogen (secondary N) is 1. The largest absolute Gasteiger partial charge is 0.356 e. The highest BCUT2D eigenvalue weighted by Gasteiger charge is 2.34. The van der Waals surface area contributed by atoms with Crippen molar-refractivity contribution in [3.8, 4) is 0 Å². The number of amides is 1. The van der Waals surface area contributed by atoms with Crippen molar-refractivity contribution >= 4 is 23.3 Å². The summed E-state index contributed by atoms with van der Waals surface area (Å²) in [5.74, 6) is 2.40. The van der Waals surface area contributed by atoms with Crippen LogP contribution in [0, 0.1) is 5.92 Å². The van der Waals surface area contributed by atoms with Crippen LogP contribution in [0.2, 0.25) is 5.15 Å². The van der Waals surface area contributed by atoms with Crippen molar-refractivity contribution in [3.63, 3.8) is 0 Å². The lowest BCUT2D eigenvalue weighted by atomic mass is 9.85. The first-order valence-corrected chi connectivity index (χ1v) is 7.61. The van der Waals surface area contributed by atoms with E-state index in [0.717, 1.165) is 44.0 Å². The molecule has 0 saturated carbocycles. The normalized spacial score (nSPS) is 26.1. The Labute approximate surface area is 123 Å². The van der Waals surface area contributed by atoms with E-state index in [1.807, 2.05) is 13.0 Å². The van der Waals surface area contributed by atoms with Gasteiger partial charge in [0.05, 0.1) is 0 Å². The Balaban J connectivity index is 1.76. The molecule has 108 valence electrons. The summed E-state index contributed by atoms with van der Waals surface area (Å²) in [6, 6.07) is 2.16. The number of hydrogen-bond donors (Lipinski definition) is 1. The average Bonchev–Trinajstić information content (AvgIpc) is 2.46. The molecule has 0 radical (unpaired) electrons. The van der Waals surface area contributed by atoms with Crippen LogP contribution in [0.1, 0.15) is 32.0 Å². The maximum atomic E-state index is 11.4. The maximum absolute atomic E-state index is 11.4. The number of halogens is 1. The van der Waals surface area contributed by atoms with Crippen LogP contribution in [0.25, 0.3) is 0 Å². The first kappa shape index (κ1) is 13.6. The number of rotatable bonds is 2. The van der Waals surface area contributed by atoms with Crippen molar-refractivity contribution in [2.24, 2.45) is 5.92 Å². The van der Waals surface area contributed by atoms with Crippen LogP contribution < -0.4 is 10.2 Å². The van der Waals surface area contributed by atoms with Gasteiger partial charge in [-0.2, -0.15) is 0 Å². The summed E-state index contributed by atoms with van der Waals surface area (Å²) < 4.78 is 0. The highest BCUT2D eigenvalue weighted by Crippen LogP contribution is 2.28. The van der Waals surface area contributed by atoms with Crippen molar-refractivity contribution in [2.75, 3.05) is 18.0 Å². The number of hydrogen-bond acceptors (Lipinski definition) is 4. The van der Waals surface area contributed by atoms with Gasteiger partial charge in [-0.25, -0.2) is 9.97 Å². The van der Waals surface area contributed by atoms with Gasteiger partial charge in [-0.3, -0.25) is 4.79 Å². The monoisotopic (exact) mass is 294 g/mol. The van der Waals surface area contributed by atoms with Gasteiger partial charge in [0, 0.05) is 38.0 Å². The molecule has 1 aromatic heterocycles. The first-order valence-electron chi connectivity index (χ1n) is 7.23. The van der Waals surface area contributed by atoms with E-state index in [1.54, 1.807) is 0 Å². The van der Waals surface area contributed by atoms with Crippen LogP contribution in [-0.4, -0.2) is 35.0 Å². The molecule has 1 aromatic rings. The Morgan fingerprint density at radius 1 is 1.45 bits per heavy atom. The molecule has 2 unspecified atom stereocenters. The minimum absolute atomic E-state index is 0.193.